The van der Waals surface area contributed by atoms with Crippen LogP contribution in [0.3, 0.4) is 0 Å². The Morgan fingerprint density at radius 2 is 2.05 bits per heavy atom. The minimum Gasteiger partial charge on any atom is -0.354 e. The van der Waals surface area contributed by atoms with E-state index in [1.165, 1.54) is 10.8 Å². The number of benzene rings is 1. The smallest absolute Gasteiger partial charge is 0.330 e. The van der Waals surface area contributed by atoms with Crippen molar-refractivity contribution in [2.45, 2.75) is 82.6 Å². The molecule has 0 spiro atoms. The van der Waals surface area contributed by atoms with Gasteiger partial charge in [0.2, 0.25) is 0 Å². The molecule has 7 atom stereocenters. The van der Waals surface area contributed by atoms with Crippen LogP contribution in [-0.2, 0) is 28.9 Å². The zero-order chi connectivity index (χ0) is 27.6. The lowest BCUT2D eigenvalue weighted by molar-refractivity contribution is -0.137. The number of aromatic nitrogens is 2. The molecular weight excluding hydrogens is 523 g/mol. The molecule has 1 unspecified atom stereocenters. The lowest BCUT2D eigenvalue weighted by Crippen LogP contribution is -2.41. The van der Waals surface area contributed by atoms with Gasteiger partial charge in [-0.2, -0.15) is 5.26 Å². The standard InChI is InChI=1S/C27H35N4O7P/c1-4-20-22(37-39-31-14-8-12-21(31)27(3,38-39)19-10-6-5-7-11-19)23(35-17-34-15-9-13-28)25(36-20)30-16-18(2)24(32)29-26(30)33/h5-7,10-11,16,20-23,25H,4,8-9,12,14-15,17H2,1-3H3,(H,29,32,33)/t20-,21-,22+,23?,25-,27+,39-/m1/s1. The van der Waals surface area contributed by atoms with Crippen molar-refractivity contribution in [3.8, 4) is 6.07 Å². The summed E-state index contributed by atoms with van der Waals surface area (Å²) in [7, 11) is -1.45. The zero-order valence-electron chi connectivity index (χ0n) is 22.4. The van der Waals surface area contributed by atoms with Gasteiger partial charge in [-0.1, -0.05) is 37.3 Å². The number of nitrogens with zero attached hydrogens (tertiary/aromatic N) is 3. The number of rotatable bonds is 10. The van der Waals surface area contributed by atoms with Crippen molar-refractivity contribution < 1.29 is 23.3 Å². The number of hydrogen-bond acceptors (Lipinski definition) is 9. The summed E-state index contributed by atoms with van der Waals surface area (Å²) in [6.07, 6.45) is 1.84. The van der Waals surface area contributed by atoms with Gasteiger partial charge < -0.3 is 23.3 Å². The molecular formula is C27H35N4O7P. The van der Waals surface area contributed by atoms with Gasteiger partial charge in [0.15, 0.2) is 6.23 Å². The second-order valence-electron chi connectivity index (χ2n) is 10.2. The largest absolute Gasteiger partial charge is 0.354 e. The van der Waals surface area contributed by atoms with Gasteiger partial charge in [-0.25, -0.2) is 9.46 Å². The van der Waals surface area contributed by atoms with Crippen LogP contribution in [0.25, 0.3) is 0 Å². The van der Waals surface area contributed by atoms with Crippen LogP contribution >= 0.6 is 8.53 Å². The van der Waals surface area contributed by atoms with Crippen molar-refractivity contribution in [1.29, 1.82) is 5.26 Å². The van der Waals surface area contributed by atoms with E-state index < -0.39 is 49.9 Å². The fraction of sp³-hybridized carbons (Fsp3) is 0.593. The van der Waals surface area contributed by atoms with E-state index in [2.05, 4.69) is 28.7 Å². The number of hydrogen-bond donors (Lipinski definition) is 1. The number of H-pyrrole nitrogens is 1. The van der Waals surface area contributed by atoms with Crippen molar-refractivity contribution in [3.63, 3.8) is 0 Å². The minimum absolute atomic E-state index is 0.105. The fourth-order valence-corrected chi connectivity index (χ4v) is 7.78. The molecule has 0 bridgehead atoms. The average molecular weight is 559 g/mol. The zero-order valence-corrected chi connectivity index (χ0v) is 23.3. The SMILES string of the molecule is CC[C@H]1O[C@@H](n2cc(C)c(=O)[nH]c2=O)C(OCOCCC#N)[C@H]1O[P@]1O[C@@](C)(c2ccccc2)[C@H]2CCCN21. The topological polar surface area (TPSA) is 128 Å². The summed E-state index contributed by atoms with van der Waals surface area (Å²) >= 11 is 0. The molecule has 0 radical (unpaired) electrons. The maximum absolute atomic E-state index is 12.8. The summed E-state index contributed by atoms with van der Waals surface area (Å²) < 4.78 is 35.2. The molecule has 3 fully saturated rings. The molecule has 5 rings (SSSR count). The molecule has 0 aliphatic carbocycles. The number of ether oxygens (including phenoxy) is 3. The minimum atomic E-state index is -1.45. The van der Waals surface area contributed by atoms with E-state index in [0.717, 1.165) is 24.9 Å². The molecule has 12 heteroatoms. The summed E-state index contributed by atoms with van der Waals surface area (Å²) in [5.41, 5.74) is -0.0780. The first-order valence-electron chi connectivity index (χ1n) is 13.4. The van der Waals surface area contributed by atoms with Crippen molar-refractivity contribution in [1.82, 2.24) is 14.2 Å². The van der Waals surface area contributed by atoms with Crippen LogP contribution in [-0.4, -0.2) is 58.5 Å². The molecule has 3 aliphatic rings. The summed E-state index contributed by atoms with van der Waals surface area (Å²) in [6, 6.07) is 12.4. The number of aromatic amines is 1. The van der Waals surface area contributed by atoms with Gasteiger partial charge in [0, 0.05) is 18.3 Å². The molecule has 1 aromatic carbocycles. The Kier molecular flexibility index (Phi) is 8.64. The lowest BCUT2D eigenvalue weighted by Gasteiger charge is -2.29. The normalized spacial score (nSPS) is 32.4. The Hall–Kier alpha value is -2.42. The molecule has 2 aromatic rings. The van der Waals surface area contributed by atoms with Gasteiger partial charge in [0.05, 0.1) is 31.2 Å². The Labute approximate surface area is 228 Å². The number of fused-ring (bicyclic) bond motifs is 1. The van der Waals surface area contributed by atoms with Crippen LogP contribution in [0, 0.1) is 18.3 Å². The Morgan fingerprint density at radius 1 is 1.26 bits per heavy atom. The van der Waals surface area contributed by atoms with Crippen molar-refractivity contribution in [3.05, 3.63) is 68.5 Å². The highest BCUT2D eigenvalue weighted by Crippen LogP contribution is 2.64. The van der Waals surface area contributed by atoms with E-state index in [-0.39, 0.29) is 25.9 Å². The first-order valence-corrected chi connectivity index (χ1v) is 14.5. The predicted molar refractivity (Wildman–Crippen MR) is 143 cm³/mol. The summed E-state index contributed by atoms with van der Waals surface area (Å²) in [4.78, 5) is 27.2. The summed E-state index contributed by atoms with van der Waals surface area (Å²) in [5.74, 6) is 0. The highest BCUT2D eigenvalue weighted by Gasteiger charge is 2.57. The second-order valence-corrected chi connectivity index (χ2v) is 11.6. The molecule has 4 heterocycles. The average Bonchev–Trinajstić information content (AvgIpc) is 3.62. The van der Waals surface area contributed by atoms with Crippen LogP contribution in [0.15, 0.2) is 46.1 Å². The van der Waals surface area contributed by atoms with Gasteiger partial charge in [0.25, 0.3) is 14.1 Å². The van der Waals surface area contributed by atoms with E-state index in [4.69, 9.17) is 28.5 Å². The summed E-state index contributed by atoms with van der Waals surface area (Å²) in [5, 5.41) is 8.82. The second kappa shape index (κ2) is 12.0. The first-order chi connectivity index (χ1) is 18.9. The summed E-state index contributed by atoms with van der Waals surface area (Å²) in [6.45, 7) is 6.72. The third-order valence-electron chi connectivity index (χ3n) is 7.71. The maximum atomic E-state index is 12.8. The molecule has 3 saturated heterocycles. The van der Waals surface area contributed by atoms with E-state index in [1.54, 1.807) is 6.92 Å². The number of nitriles is 1. The van der Waals surface area contributed by atoms with Crippen LogP contribution < -0.4 is 11.2 Å². The fourth-order valence-electron chi connectivity index (χ4n) is 5.63. The Morgan fingerprint density at radius 3 is 2.79 bits per heavy atom. The predicted octanol–water partition coefficient (Wildman–Crippen LogP) is 3.45. The molecule has 3 aliphatic heterocycles. The van der Waals surface area contributed by atoms with E-state index >= 15 is 0 Å². The van der Waals surface area contributed by atoms with E-state index in [9.17, 15) is 9.59 Å². The monoisotopic (exact) mass is 558 g/mol. The third-order valence-corrected chi connectivity index (χ3v) is 9.56. The Bertz CT molecular complexity index is 1300. The van der Waals surface area contributed by atoms with Crippen molar-refractivity contribution in [2.75, 3.05) is 19.9 Å². The highest BCUT2D eigenvalue weighted by atomic mass is 31.2. The number of nitrogens with one attached hydrogen (secondary N) is 1. The van der Waals surface area contributed by atoms with Crippen molar-refractivity contribution in [2.24, 2.45) is 0 Å². The van der Waals surface area contributed by atoms with Crippen LogP contribution in [0.1, 0.15) is 56.9 Å². The molecule has 11 nitrogen and oxygen atoms in total. The van der Waals surface area contributed by atoms with Gasteiger partial charge in [-0.3, -0.25) is 14.3 Å². The molecule has 210 valence electrons. The number of aryl methyl sites for hydroxylation is 1. The Balaban J connectivity index is 1.43. The van der Waals surface area contributed by atoms with Crippen molar-refractivity contribution >= 4 is 8.53 Å². The van der Waals surface area contributed by atoms with Crippen LogP contribution in [0.5, 0.6) is 0 Å². The van der Waals surface area contributed by atoms with Crippen LogP contribution in [0.2, 0.25) is 0 Å². The van der Waals surface area contributed by atoms with Crippen LogP contribution in [0.4, 0.5) is 0 Å². The molecule has 0 amide bonds. The third kappa shape index (κ3) is 5.48. The van der Waals surface area contributed by atoms with E-state index in [1.807, 2.05) is 31.2 Å². The first kappa shape index (κ1) is 28.1. The molecule has 1 aromatic heterocycles. The van der Waals surface area contributed by atoms with Gasteiger partial charge >= 0.3 is 5.69 Å². The molecule has 0 saturated carbocycles. The lowest BCUT2D eigenvalue weighted by atomic mass is 9.87. The van der Waals surface area contributed by atoms with Gasteiger partial charge in [-0.15, -0.1) is 0 Å². The molecule has 39 heavy (non-hydrogen) atoms. The maximum Gasteiger partial charge on any atom is 0.330 e. The molecule has 1 N–H and O–H groups in total. The van der Waals surface area contributed by atoms with Gasteiger partial charge in [0.1, 0.15) is 24.6 Å². The van der Waals surface area contributed by atoms with Gasteiger partial charge in [-0.05, 0) is 38.7 Å². The highest BCUT2D eigenvalue weighted by molar-refractivity contribution is 7.45. The quantitative estimate of drug-likeness (QED) is 0.265. The van der Waals surface area contributed by atoms with E-state index in [0.29, 0.717) is 12.0 Å².